The third-order valence-electron chi connectivity index (χ3n) is 2.55. The van der Waals surface area contributed by atoms with Crippen LogP contribution in [-0.2, 0) is 0 Å². The van der Waals surface area contributed by atoms with Gasteiger partial charge in [-0.1, -0.05) is 32.9 Å². The average molecular weight is 193 g/mol. The van der Waals surface area contributed by atoms with Gasteiger partial charge in [0.05, 0.1) is 0 Å². The summed E-state index contributed by atoms with van der Waals surface area (Å²) >= 11 is 0. The lowest BCUT2D eigenvalue weighted by molar-refractivity contribution is 0.325. The van der Waals surface area contributed by atoms with Crippen LogP contribution in [0.4, 0.5) is 0 Å². The minimum atomic E-state index is 0.128. The highest BCUT2D eigenvalue weighted by Crippen LogP contribution is 2.34. The van der Waals surface area contributed by atoms with Crippen LogP contribution in [0.25, 0.3) is 0 Å². The quantitative estimate of drug-likeness (QED) is 0.758. The van der Waals surface area contributed by atoms with E-state index in [2.05, 4.69) is 20.8 Å². The van der Waals surface area contributed by atoms with Crippen molar-refractivity contribution in [2.75, 3.05) is 6.54 Å². The first-order valence-corrected chi connectivity index (χ1v) is 4.94. The number of hydrogen-bond donors (Lipinski definition) is 2. The summed E-state index contributed by atoms with van der Waals surface area (Å²) in [5.41, 5.74) is 7.00. The van der Waals surface area contributed by atoms with Gasteiger partial charge in [0.1, 0.15) is 5.75 Å². The molecule has 78 valence electrons. The molecule has 0 fully saturated rings. The van der Waals surface area contributed by atoms with Gasteiger partial charge in [-0.25, -0.2) is 0 Å². The molecule has 1 rings (SSSR count). The van der Waals surface area contributed by atoms with Crippen molar-refractivity contribution in [1.82, 2.24) is 0 Å². The number of nitrogens with two attached hydrogens (primary N) is 1. The van der Waals surface area contributed by atoms with Gasteiger partial charge >= 0.3 is 0 Å². The molecule has 1 aromatic carbocycles. The third kappa shape index (κ3) is 2.48. The lowest BCUT2D eigenvalue weighted by Crippen LogP contribution is -2.25. The fourth-order valence-electron chi connectivity index (χ4n) is 1.73. The van der Waals surface area contributed by atoms with Crippen LogP contribution in [0.3, 0.4) is 0 Å². The Hall–Kier alpha value is -1.02. The summed E-state index contributed by atoms with van der Waals surface area (Å²) < 4.78 is 0. The summed E-state index contributed by atoms with van der Waals surface area (Å²) in [5.74, 6) is 0.597. The predicted octanol–water partition coefficient (Wildman–Crippen LogP) is 2.48. The zero-order valence-electron chi connectivity index (χ0n) is 9.12. The smallest absolute Gasteiger partial charge is 0.115 e. The lowest BCUT2D eigenvalue weighted by atomic mass is 9.76. The van der Waals surface area contributed by atoms with Crippen LogP contribution in [0.2, 0.25) is 0 Å². The molecule has 0 aliphatic heterocycles. The zero-order chi connectivity index (χ0) is 10.8. The Morgan fingerprint density at radius 1 is 1.36 bits per heavy atom. The molecule has 0 aliphatic rings. The maximum Gasteiger partial charge on any atom is 0.115 e. The fraction of sp³-hybridized carbons (Fsp3) is 0.500. The Morgan fingerprint density at radius 2 is 2.00 bits per heavy atom. The molecule has 2 heteroatoms. The Morgan fingerprint density at radius 3 is 2.43 bits per heavy atom. The van der Waals surface area contributed by atoms with Crippen LogP contribution in [0.1, 0.15) is 32.3 Å². The van der Waals surface area contributed by atoms with E-state index in [-0.39, 0.29) is 11.3 Å². The van der Waals surface area contributed by atoms with E-state index in [1.807, 2.05) is 12.1 Å². The van der Waals surface area contributed by atoms with Crippen LogP contribution in [0, 0.1) is 5.41 Å². The van der Waals surface area contributed by atoms with Crippen molar-refractivity contribution in [1.29, 1.82) is 0 Å². The minimum Gasteiger partial charge on any atom is -0.508 e. The first kappa shape index (κ1) is 11.1. The monoisotopic (exact) mass is 193 g/mol. The topological polar surface area (TPSA) is 46.2 Å². The molecule has 1 aromatic rings. The van der Waals surface area contributed by atoms with E-state index in [1.54, 1.807) is 12.1 Å². The highest BCUT2D eigenvalue weighted by Gasteiger charge is 2.24. The minimum absolute atomic E-state index is 0.128. The van der Waals surface area contributed by atoms with E-state index in [4.69, 9.17) is 5.73 Å². The van der Waals surface area contributed by atoms with E-state index >= 15 is 0 Å². The van der Waals surface area contributed by atoms with Crippen LogP contribution in [-0.4, -0.2) is 11.7 Å². The molecule has 14 heavy (non-hydrogen) atoms. The Kier molecular flexibility index (Phi) is 3.17. The molecule has 0 saturated heterocycles. The first-order valence-electron chi connectivity index (χ1n) is 4.94. The number of benzene rings is 1. The van der Waals surface area contributed by atoms with E-state index in [1.165, 1.54) is 0 Å². The van der Waals surface area contributed by atoms with Crippen molar-refractivity contribution in [2.45, 2.75) is 26.7 Å². The molecular weight excluding hydrogens is 174 g/mol. The molecule has 0 saturated carbocycles. The van der Waals surface area contributed by atoms with Crippen molar-refractivity contribution in [3.05, 3.63) is 29.8 Å². The van der Waals surface area contributed by atoms with Crippen LogP contribution >= 0.6 is 0 Å². The summed E-state index contributed by atoms with van der Waals surface area (Å²) in [6.45, 7) is 7.09. The predicted molar refractivity (Wildman–Crippen MR) is 59.4 cm³/mol. The fourth-order valence-corrected chi connectivity index (χ4v) is 1.73. The zero-order valence-corrected chi connectivity index (χ0v) is 9.12. The maximum atomic E-state index is 9.38. The number of phenolic OH excluding ortho intramolecular Hbond substituents is 1. The number of phenols is 1. The average Bonchev–Trinajstić information content (AvgIpc) is 2.02. The second kappa shape index (κ2) is 4.01. The first-order chi connectivity index (χ1) is 6.45. The summed E-state index contributed by atoms with van der Waals surface area (Å²) in [5, 5.41) is 9.38. The molecule has 3 N–H and O–H groups in total. The summed E-state index contributed by atoms with van der Waals surface area (Å²) in [7, 11) is 0. The molecule has 0 amide bonds. The Labute approximate surface area is 85.8 Å². The number of aromatic hydroxyl groups is 1. The van der Waals surface area contributed by atoms with Crippen molar-refractivity contribution in [3.63, 3.8) is 0 Å². The molecule has 0 aliphatic carbocycles. The molecule has 1 atom stereocenters. The van der Waals surface area contributed by atoms with E-state index < -0.39 is 0 Å². The molecule has 0 spiro atoms. The van der Waals surface area contributed by atoms with E-state index in [0.717, 1.165) is 5.56 Å². The van der Waals surface area contributed by atoms with Gasteiger partial charge in [0, 0.05) is 5.92 Å². The number of hydrogen-bond acceptors (Lipinski definition) is 2. The highest BCUT2D eigenvalue weighted by molar-refractivity contribution is 5.30. The Balaban J connectivity index is 3.01. The van der Waals surface area contributed by atoms with Crippen LogP contribution < -0.4 is 5.73 Å². The SMILES string of the molecule is CC(C)(C)C(CN)c1cccc(O)c1. The molecule has 0 bridgehead atoms. The normalized spacial score (nSPS) is 14.0. The van der Waals surface area contributed by atoms with Gasteiger partial charge in [-0.3, -0.25) is 0 Å². The highest BCUT2D eigenvalue weighted by atomic mass is 16.3. The molecule has 0 aromatic heterocycles. The summed E-state index contributed by atoms with van der Waals surface area (Å²) in [6, 6.07) is 7.35. The van der Waals surface area contributed by atoms with Gasteiger partial charge in [0.2, 0.25) is 0 Å². The summed E-state index contributed by atoms with van der Waals surface area (Å²) in [6.07, 6.45) is 0. The van der Waals surface area contributed by atoms with Crippen LogP contribution in [0.5, 0.6) is 5.75 Å². The summed E-state index contributed by atoms with van der Waals surface area (Å²) in [4.78, 5) is 0. The third-order valence-corrected chi connectivity index (χ3v) is 2.55. The van der Waals surface area contributed by atoms with Gasteiger partial charge in [0.25, 0.3) is 0 Å². The molecule has 0 radical (unpaired) electrons. The van der Waals surface area contributed by atoms with Crippen molar-refractivity contribution >= 4 is 0 Å². The van der Waals surface area contributed by atoms with Gasteiger partial charge in [0.15, 0.2) is 0 Å². The molecular formula is C12H19NO. The standard InChI is InChI=1S/C12H19NO/c1-12(2,3)11(8-13)9-5-4-6-10(14)7-9/h4-7,11,14H,8,13H2,1-3H3. The largest absolute Gasteiger partial charge is 0.508 e. The molecule has 2 nitrogen and oxygen atoms in total. The van der Waals surface area contributed by atoms with Gasteiger partial charge < -0.3 is 10.8 Å². The maximum absolute atomic E-state index is 9.38. The second-order valence-electron chi connectivity index (χ2n) is 4.75. The lowest BCUT2D eigenvalue weighted by Gasteiger charge is -2.30. The van der Waals surface area contributed by atoms with E-state index in [0.29, 0.717) is 12.3 Å². The molecule has 1 unspecified atom stereocenters. The van der Waals surface area contributed by atoms with Gasteiger partial charge in [-0.2, -0.15) is 0 Å². The van der Waals surface area contributed by atoms with Crippen molar-refractivity contribution in [3.8, 4) is 5.75 Å². The number of rotatable bonds is 2. The van der Waals surface area contributed by atoms with Gasteiger partial charge in [-0.05, 0) is 29.7 Å². The van der Waals surface area contributed by atoms with E-state index in [9.17, 15) is 5.11 Å². The van der Waals surface area contributed by atoms with Crippen molar-refractivity contribution in [2.24, 2.45) is 11.1 Å². The van der Waals surface area contributed by atoms with Crippen LogP contribution in [0.15, 0.2) is 24.3 Å². The Bertz CT molecular complexity index is 301. The second-order valence-corrected chi connectivity index (χ2v) is 4.75. The van der Waals surface area contributed by atoms with Crippen molar-refractivity contribution < 1.29 is 5.11 Å². The van der Waals surface area contributed by atoms with Gasteiger partial charge in [-0.15, -0.1) is 0 Å². The molecule has 0 heterocycles.